The fraction of sp³-hybridized carbons (Fsp3) is 0. The molecule has 1 heterocycles. The Morgan fingerprint density at radius 3 is 2.62 bits per heavy atom. The largest absolute Gasteiger partial charge is 0.339 e. The van der Waals surface area contributed by atoms with Gasteiger partial charge in [-0.25, -0.2) is 4.98 Å². The van der Waals surface area contributed by atoms with Crippen molar-refractivity contribution in [1.29, 1.82) is 0 Å². The van der Waals surface area contributed by atoms with Crippen LogP contribution in [0.5, 0.6) is 0 Å². The molecule has 82 valence electrons. The van der Waals surface area contributed by atoms with Gasteiger partial charge in [-0.1, -0.05) is 17.7 Å². The summed E-state index contributed by atoms with van der Waals surface area (Å²) in [4.78, 5) is 4.28. The lowest BCUT2D eigenvalue weighted by Gasteiger charge is -2.08. The van der Waals surface area contributed by atoms with E-state index in [1.54, 1.807) is 0 Å². The van der Waals surface area contributed by atoms with Gasteiger partial charge in [0.25, 0.3) is 0 Å². The Labute approximate surface area is 115 Å². The highest BCUT2D eigenvalue weighted by Gasteiger charge is 2.02. The first-order valence-electron chi connectivity index (χ1n) is 4.50. The minimum absolute atomic E-state index is 0.694. The molecule has 0 fully saturated rings. The van der Waals surface area contributed by atoms with E-state index in [1.165, 1.54) is 0 Å². The molecule has 0 spiro atoms. The topological polar surface area (TPSA) is 24.9 Å². The average Bonchev–Trinajstić information content (AvgIpc) is 2.22. The minimum Gasteiger partial charge on any atom is -0.339 e. The van der Waals surface area contributed by atoms with E-state index < -0.39 is 0 Å². The van der Waals surface area contributed by atoms with Crippen LogP contribution in [0.1, 0.15) is 0 Å². The second-order valence-corrected chi connectivity index (χ2v) is 5.20. The highest BCUT2D eigenvalue weighted by Crippen LogP contribution is 2.28. The zero-order valence-electron chi connectivity index (χ0n) is 8.05. The quantitative estimate of drug-likeness (QED) is 0.760. The highest BCUT2D eigenvalue weighted by molar-refractivity contribution is 9.10. The molecule has 2 nitrogen and oxygen atoms in total. The van der Waals surface area contributed by atoms with Crippen LogP contribution >= 0.6 is 43.5 Å². The van der Waals surface area contributed by atoms with Crippen molar-refractivity contribution in [2.45, 2.75) is 0 Å². The Morgan fingerprint density at radius 2 is 1.94 bits per heavy atom. The molecule has 0 aliphatic rings. The maximum atomic E-state index is 5.86. The van der Waals surface area contributed by atoms with E-state index in [1.807, 2.05) is 36.4 Å². The number of benzene rings is 1. The second-order valence-electron chi connectivity index (χ2n) is 3.09. The standard InChI is InChI=1S/C11H7Br2ClN2/c12-8-6-7(14)4-5-9(8)15-11-3-1-2-10(13)16-11/h1-6H,(H,15,16). The molecule has 0 radical (unpaired) electrons. The molecule has 0 saturated carbocycles. The van der Waals surface area contributed by atoms with Crippen molar-refractivity contribution in [3.63, 3.8) is 0 Å². The second kappa shape index (κ2) is 5.17. The lowest BCUT2D eigenvalue weighted by atomic mass is 10.3. The normalized spacial score (nSPS) is 10.2. The SMILES string of the molecule is Clc1ccc(Nc2cccc(Br)n2)c(Br)c1. The van der Waals surface area contributed by atoms with Gasteiger partial charge in [0.15, 0.2) is 0 Å². The summed E-state index contributed by atoms with van der Waals surface area (Å²) >= 11 is 12.6. The number of nitrogens with one attached hydrogen (secondary N) is 1. The summed E-state index contributed by atoms with van der Waals surface area (Å²) in [5.74, 6) is 0.775. The lowest BCUT2D eigenvalue weighted by molar-refractivity contribution is 1.26. The third-order valence-corrected chi connectivity index (χ3v) is 3.24. The molecule has 1 N–H and O–H groups in total. The summed E-state index contributed by atoms with van der Waals surface area (Å²) in [6.45, 7) is 0. The first-order valence-corrected chi connectivity index (χ1v) is 6.46. The van der Waals surface area contributed by atoms with Crippen molar-refractivity contribution in [3.05, 3.63) is 50.5 Å². The van der Waals surface area contributed by atoms with Crippen molar-refractivity contribution in [3.8, 4) is 0 Å². The molecule has 5 heteroatoms. The van der Waals surface area contributed by atoms with Crippen LogP contribution in [0.25, 0.3) is 0 Å². The molecule has 0 aliphatic carbocycles. The third kappa shape index (κ3) is 2.97. The van der Waals surface area contributed by atoms with Gasteiger partial charge >= 0.3 is 0 Å². The summed E-state index contributed by atoms with van der Waals surface area (Å²) < 4.78 is 1.70. The molecule has 2 rings (SSSR count). The number of hydrogen-bond acceptors (Lipinski definition) is 2. The van der Waals surface area contributed by atoms with Crippen molar-refractivity contribution in [1.82, 2.24) is 4.98 Å². The van der Waals surface area contributed by atoms with E-state index in [0.717, 1.165) is 20.6 Å². The zero-order chi connectivity index (χ0) is 11.5. The van der Waals surface area contributed by atoms with E-state index in [-0.39, 0.29) is 0 Å². The summed E-state index contributed by atoms with van der Waals surface area (Å²) in [5.41, 5.74) is 0.926. The van der Waals surface area contributed by atoms with Gasteiger partial charge in [0.05, 0.1) is 5.69 Å². The monoisotopic (exact) mass is 360 g/mol. The fourth-order valence-electron chi connectivity index (χ4n) is 1.21. The van der Waals surface area contributed by atoms with Gasteiger partial charge in [-0.3, -0.25) is 0 Å². The number of anilines is 2. The van der Waals surface area contributed by atoms with Crippen LogP contribution in [0.15, 0.2) is 45.5 Å². The predicted molar refractivity (Wildman–Crippen MR) is 74.4 cm³/mol. The number of hydrogen-bond donors (Lipinski definition) is 1. The van der Waals surface area contributed by atoms with E-state index in [4.69, 9.17) is 11.6 Å². The van der Waals surface area contributed by atoms with Gasteiger partial charge in [0.2, 0.25) is 0 Å². The molecule has 16 heavy (non-hydrogen) atoms. The molecule has 0 unspecified atom stereocenters. The van der Waals surface area contributed by atoms with Crippen molar-refractivity contribution in [2.75, 3.05) is 5.32 Å². The Kier molecular flexibility index (Phi) is 3.84. The Balaban J connectivity index is 2.27. The van der Waals surface area contributed by atoms with Gasteiger partial charge in [0.1, 0.15) is 10.4 Å². The lowest BCUT2D eigenvalue weighted by Crippen LogP contribution is -1.94. The Hall–Kier alpha value is -0.580. The maximum absolute atomic E-state index is 5.86. The van der Waals surface area contributed by atoms with Crippen molar-refractivity contribution in [2.24, 2.45) is 0 Å². The predicted octanol–water partition coefficient (Wildman–Crippen LogP) is 5.00. The van der Waals surface area contributed by atoms with Gasteiger partial charge in [-0.05, 0) is 62.2 Å². The number of pyridine rings is 1. The van der Waals surface area contributed by atoms with E-state index in [2.05, 4.69) is 42.2 Å². The van der Waals surface area contributed by atoms with Crippen LogP contribution in [-0.2, 0) is 0 Å². The van der Waals surface area contributed by atoms with Gasteiger partial charge in [0, 0.05) is 9.50 Å². The van der Waals surface area contributed by atoms with E-state index in [0.29, 0.717) is 5.02 Å². The van der Waals surface area contributed by atoms with Crippen molar-refractivity contribution >= 4 is 55.0 Å². The summed E-state index contributed by atoms with van der Waals surface area (Å²) in [6, 6.07) is 11.3. The van der Waals surface area contributed by atoms with Crippen LogP contribution in [0.3, 0.4) is 0 Å². The van der Waals surface area contributed by atoms with E-state index in [9.17, 15) is 0 Å². The number of aromatic nitrogens is 1. The molecular weight excluding hydrogens is 355 g/mol. The molecule has 0 amide bonds. The Morgan fingerprint density at radius 1 is 1.12 bits per heavy atom. The number of nitrogens with zero attached hydrogens (tertiary/aromatic N) is 1. The smallest absolute Gasteiger partial charge is 0.131 e. The number of halogens is 3. The molecule has 1 aromatic heterocycles. The van der Waals surface area contributed by atoms with Crippen LogP contribution < -0.4 is 5.32 Å². The molecular formula is C11H7Br2ClN2. The molecule has 0 atom stereocenters. The van der Waals surface area contributed by atoms with Crippen LogP contribution in [0.2, 0.25) is 5.02 Å². The summed E-state index contributed by atoms with van der Waals surface area (Å²) in [7, 11) is 0. The molecule has 2 aromatic rings. The summed E-state index contributed by atoms with van der Waals surface area (Å²) in [5, 5.41) is 3.89. The first-order chi connectivity index (χ1) is 7.65. The molecule has 0 saturated heterocycles. The summed E-state index contributed by atoms with van der Waals surface area (Å²) in [6.07, 6.45) is 0. The Bertz CT molecular complexity index is 517. The van der Waals surface area contributed by atoms with Gasteiger partial charge in [-0.2, -0.15) is 0 Å². The number of rotatable bonds is 2. The van der Waals surface area contributed by atoms with Gasteiger partial charge < -0.3 is 5.32 Å². The first kappa shape index (κ1) is 11.9. The highest BCUT2D eigenvalue weighted by atomic mass is 79.9. The minimum atomic E-state index is 0.694. The van der Waals surface area contributed by atoms with Crippen LogP contribution in [-0.4, -0.2) is 4.98 Å². The van der Waals surface area contributed by atoms with Gasteiger partial charge in [-0.15, -0.1) is 0 Å². The molecule has 0 aliphatic heterocycles. The molecule has 1 aromatic carbocycles. The zero-order valence-corrected chi connectivity index (χ0v) is 12.0. The average molecular weight is 362 g/mol. The van der Waals surface area contributed by atoms with Crippen molar-refractivity contribution < 1.29 is 0 Å². The van der Waals surface area contributed by atoms with E-state index >= 15 is 0 Å². The van der Waals surface area contributed by atoms with Crippen LogP contribution in [0, 0.1) is 0 Å². The maximum Gasteiger partial charge on any atom is 0.131 e. The third-order valence-electron chi connectivity index (χ3n) is 1.91. The fourth-order valence-corrected chi connectivity index (χ4v) is 2.33. The molecule has 0 bridgehead atoms. The van der Waals surface area contributed by atoms with Crippen LogP contribution in [0.4, 0.5) is 11.5 Å².